The lowest BCUT2D eigenvalue weighted by molar-refractivity contribution is -0.118. The molecule has 0 spiro atoms. The summed E-state index contributed by atoms with van der Waals surface area (Å²) in [5.74, 6) is -1.37. The summed E-state index contributed by atoms with van der Waals surface area (Å²) in [5, 5.41) is 6.21. The molecule has 35 heavy (non-hydrogen) atoms. The van der Waals surface area contributed by atoms with Crippen LogP contribution >= 0.6 is 22.9 Å². The van der Waals surface area contributed by atoms with Crippen LogP contribution < -0.4 is 14.8 Å². The number of carbonyl (C=O) groups is 1. The van der Waals surface area contributed by atoms with Crippen molar-refractivity contribution in [3.63, 3.8) is 0 Å². The number of hydrogen-bond acceptors (Lipinski definition) is 6. The lowest BCUT2D eigenvalue weighted by Gasteiger charge is -2.19. The maximum Gasteiger partial charge on any atom is 0.245 e. The third kappa shape index (κ3) is 5.80. The fourth-order valence-electron chi connectivity index (χ4n) is 3.69. The maximum absolute atomic E-state index is 15.0. The third-order valence-corrected chi connectivity index (χ3v) is 8.53. The van der Waals surface area contributed by atoms with Gasteiger partial charge in [-0.25, -0.2) is 26.4 Å². The highest BCUT2D eigenvalue weighted by molar-refractivity contribution is 7.92. The Kier molecular flexibility index (Phi) is 7.13. The molecule has 184 valence electrons. The number of nitrogens with zero attached hydrogens (tertiary/aromatic N) is 1. The number of halogens is 2. The average molecular weight is 556 g/mol. The van der Waals surface area contributed by atoms with Gasteiger partial charge in [0.15, 0.2) is 0 Å². The zero-order valence-corrected chi connectivity index (χ0v) is 21.1. The molecule has 0 bridgehead atoms. The van der Waals surface area contributed by atoms with Gasteiger partial charge in [-0.1, -0.05) is 35.9 Å². The van der Waals surface area contributed by atoms with E-state index in [1.165, 1.54) is 47.7 Å². The zero-order chi connectivity index (χ0) is 25.4. The minimum Gasteiger partial charge on any atom is -0.308 e. The Balaban J connectivity index is 1.52. The summed E-state index contributed by atoms with van der Waals surface area (Å²) in [5.41, 5.74) is 0.438. The van der Waals surface area contributed by atoms with Crippen LogP contribution in [0.25, 0.3) is 17.2 Å². The molecule has 1 aromatic heterocycles. The summed E-state index contributed by atoms with van der Waals surface area (Å²) >= 11 is 7.03. The van der Waals surface area contributed by atoms with Crippen molar-refractivity contribution in [3.05, 3.63) is 75.0 Å². The van der Waals surface area contributed by atoms with Gasteiger partial charge in [-0.2, -0.15) is 4.72 Å². The summed E-state index contributed by atoms with van der Waals surface area (Å²) < 4.78 is 66.4. The van der Waals surface area contributed by atoms with Crippen LogP contribution in [0.1, 0.15) is 11.3 Å². The van der Waals surface area contributed by atoms with E-state index in [1.54, 1.807) is 18.2 Å². The van der Waals surface area contributed by atoms with E-state index < -0.39 is 37.8 Å². The highest BCUT2D eigenvalue weighted by Crippen LogP contribution is 2.32. The van der Waals surface area contributed by atoms with E-state index in [-0.39, 0.29) is 34.7 Å². The molecular weight excluding hydrogens is 537 g/mol. The zero-order valence-electron chi connectivity index (χ0n) is 17.9. The van der Waals surface area contributed by atoms with Gasteiger partial charge in [0.05, 0.1) is 14.9 Å². The first-order valence-corrected chi connectivity index (χ1v) is 14.4. The van der Waals surface area contributed by atoms with Crippen molar-refractivity contribution in [1.82, 2.24) is 4.72 Å². The number of sulfonamides is 2. The minimum atomic E-state index is -4.04. The Morgan fingerprint density at radius 3 is 2.51 bits per heavy atom. The second kappa shape index (κ2) is 9.80. The maximum atomic E-state index is 15.0. The Bertz CT molecular complexity index is 1540. The highest BCUT2D eigenvalue weighted by Gasteiger charge is 2.36. The predicted octanol–water partition coefficient (Wildman–Crippen LogP) is 3.55. The van der Waals surface area contributed by atoms with Crippen molar-refractivity contribution in [3.8, 4) is 11.1 Å². The van der Waals surface area contributed by atoms with Crippen molar-refractivity contribution in [2.24, 2.45) is 5.14 Å². The number of thiophene rings is 1. The number of primary sulfonamides is 1. The van der Waals surface area contributed by atoms with Gasteiger partial charge < -0.3 is 4.90 Å². The summed E-state index contributed by atoms with van der Waals surface area (Å²) in [7, 11) is -7.98. The van der Waals surface area contributed by atoms with Gasteiger partial charge in [0.1, 0.15) is 11.9 Å². The first kappa shape index (κ1) is 25.5. The lowest BCUT2D eigenvalue weighted by Crippen LogP contribution is -2.40. The molecule has 8 nitrogen and oxygen atoms in total. The van der Waals surface area contributed by atoms with Crippen molar-refractivity contribution < 1.29 is 26.0 Å². The number of hydrogen-bond donors (Lipinski definition) is 2. The van der Waals surface area contributed by atoms with Gasteiger partial charge in [0.2, 0.25) is 26.0 Å². The van der Waals surface area contributed by atoms with E-state index >= 15 is 4.39 Å². The van der Waals surface area contributed by atoms with E-state index in [9.17, 15) is 21.6 Å². The molecule has 1 aliphatic rings. The van der Waals surface area contributed by atoms with Crippen LogP contribution in [0.3, 0.4) is 0 Å². The second-order valence-corrected chi connectivity index (χ2v) is 12.5. The van der Waals surface area contributed by atoms with E-state index in [0.29, 0.717) is 9.21 Å². The molecule has 2 aromatic carbocycles. The molecule has 4 rings (SSSR count). The predicted molar refractivity (Wildman–Crippen MR) is 134 cm³/mol. The normalized spacial score (nSPS) is 16.9. The summed E-state index contributed by atoms with van der Waals surface area (Å²) in [6.07, 6.45) is 1.51. The molecular formula is C22H19ClFN3O5S3. The number of benzene rings is 2. The smallest absolute Gasteiger partial charge is 0.245 e. The van der Waals surface area contributed by atoms with Crippen molar-refractivity contribution in [1.29, 1.82) is 0 Å². The van der Waals surface area contributed by atoms with Gasteiger partial charge in [-0.15, -0.1) is 11.3 Å². The summed E-state index contributed by atoms with van der Waals surface area (Å²) in [6.45, 7) is 0.0975. The number of nitrogens with two attached hydrogens (primary N) is 1. The number of nitrogens with one attached hydrogen (secondary N) is 1. The van der Waals surface area contributed by atoms with Gasteiger partial charge in [0.25, 0.3) is 0 Å². The quantitative estimate of drug-likeness (QED) is 0.461. The molecule has 3 N–H and O–H groups in total. The van der Waals surface area contributed by atoms with Crippen LogP contribution in [-0.2, 0) is 24.8 Å². The largest absolute Gasteiger partial charge is 0.308 e. The van der Waals surface area contributed by atoms with Gasteiger partial charge in [0, 0.05) is 22.4 Å². The van der Waals surface area contributed by atoms with Crippen molar-refractivity contribution in [2.45, 2.75) is 17.4 Å². The third-order valence-electron chi connectivity index (χ3n) is 5.26. The molecule has 1 amide bonds. The highest BCUT2D eigenvalue weighted by atomic mass is 35.5. The first-order chi connectivity index (χ1) is 16.4. The van der Waals surface area contributed by atoms with E-state index in [2.05, 4.69) is 4.72 Å². The standard InChI is InChI=1S/C22H19ClFN3O5S3/c23-21-8-6-15(33-21)10-12-34(29,30)26-18-9-11-27(22(18)28)19-7-5-14(13-17(19)24)16-3-1-2-4-20(16)35(25,31)32/h1-8,10,12-13,18,26H,9,11H2,(H2,25,31,32)/t18-/m0/s1. The van der Waals surface area contributed by atoms with Crippen LogP contribution in [0, 0.1) is 5.82 Å². The lowest BCUT2D eigenvalue weighted by atomic mass is 10.0. The fourth-order valence-corrected chi connectivity index (χ4v) is 6.52. The van der Waals surface area contributed by atoms with Crippen LogP contribution in [0.15, 0.2) is 64.9 Å². The molecule has 13 heteroatoms. The number of rotatable bonds is 7. The number of anilines is 1. The summed E-state index contributed by atoms with van der Waals surface area (Å²) in [4.78, 5) is 14.5. The van der Waals surface area contributed by atoms with Gasteiger partial charge in [-0.05, 0) is 48.4 Å². The molecule has 0 radical (unpaired) electrons. The van der Waals surface area contributed by atoms with E-state index in [4.69, 9.17) is 16.7 Å². The monoisotopic (exact) mass is 555 g/mol. The Hall–Kier alpha value is -2.61. The second-order valence-electron chi connectivity index (χ2n) is 7.65. The Morgan fingerprint density at radius 1 is 1.11 bits per heavy atom. The topological polar surface area (TPSA) is 127 Å². The molecule has 1 fully saturated rings. The molecule has 1 aliphatic heterocycles. The molecule has 1 saturated heterocycles. The van der Waals surface area contributed by atoms with E-state index in [1.807, 2.05) is 0 Å². The van der Waals surface area contributed by atoms with Crippen LogP contribution in [0.5, 0.6) is 0 Å². The van der Waals surface area contributed by atoms with E-state index in [0.717, 1.165) is 16.4 Å². The first-order valence-electron chi connectivity index (χ1n) is 10.1. The van der Waals surface area contributed by atoms with Crippen LogP contribution in [0.4, 0.5) is 10.1 Å². The van der Waals surface area contributed by atoms with Crippen LogP contribution in [0.2, 0.25) is 4.34 Å². The Labute approximate surface area is 210 Å². The van der Waals surface area contributed by atoms with Crippen molar-refractivity contribution >= 4 is 60.7 Å². The summed E-state index contributed by atoms with van der Waals surface area (Å²) in [6, 6.07) is 12.1. The van der Waals surface area contributed by atoms with Gasteiger partial charge >= 0.3 is 0 Å². The molecule has 0 unspecified atom stereocenters. The average Bonchev–Trinajstić information content (AvgIpc) is 3.37. The SMILES string of the molecule is NS(=O)(=O)c1ccccc1-c1ccc(N2CC[C@H](NS(=O)(=O)C=Cc3ccc(Cl)s3)C2=O)c(F)c1. The fraction of sp³-hybridized carbons (Fsp3) is 0.136. The minimum absolute atomic E-state index is 0.0442. The molecule has 3 aromatic rings. The molecule has 1 atom stereocenters. The number of amides is 1. The molecule has 0 aliphatic carbocycles. The van der Waals surface area contributed by atoms with Gasteiger partial charge in [-0.3, -0.25) is 4.79 Å². The Morgan fingerprint density at radius 2 is 1.86 bits per heavy atom. The number of carbonyl (C=O) groups excluding carboxylic acids is 1. The molecule has 2 heterocycles. The molecule has 0 saturated carbocycles. The van der Waals surface area contributed by atoms with Crippen molar-refractivity contribution in [2.75, 3.05) is 11.4 Å². The van der Waals surface area contributed by atoms with Crippen LogP contribution in [-0.4, -0.2) is 35.3 Å².